The van der Waals surface area contributed by atoms with Crippen molar-refractivity contribution in [2.75, 3.05) is 21.9 Å². The van der Waals surface area contributed by atoms with E-state index in [-0.39, 0.29) is 11.7 Å². The quantitative estimate of drug-likeness (QED) is 0.821. The van der Waals surface area contributed by atoms with Gasteiger partial charge in [0.05, 0.1) is 11.4 Å². The molecule has 0 saturated carbocycles. The first-order valence-electron chi connectivity index (χ1n) is 9.32. The summed E-state index contributed by atoms with van der Waals surface area (Å²) >= 11 is 0. The summed E-state index contributed by atoms with van der Waals surface area (Å²) in [6.45, 7) is 4.46. The zero-order valence-electron chi connectivity index (χ0n) is 15.9. The second-order valence-corrected chi connectivity index (χ2v) is 9.08. The van der Waals surface area contributed by atoms with E-state index in [4.69, 9.17) is 0 Å². The fourth-order valence-electron chi connectivity index (χ4n) is 3.42. The molecule has 27 heavy (non-hydrogen) atoms. The van der Waals surface area contributed by atoms with Gasteiger partial charge >= 0.3 is 0 Å². The van der Waals surface area contributed by atoms with Crippen LogP contribution in [0.1, 0.15) is 36.0 Å². The molecule has 0 aromatic heterocycles. The van der Waals surface area contributed by atoms with Gasteiger partial charge in [0, 0.05) is 18.7 Å². The third kappa shape index (κ3) is 4.69. The molecule has 1 fully saturated rings. The smallest absolute Gasteiger partial charge is 0.235 e. The van der Waals surface area contributed by atoms with Gasteiger partial charge in [-0.05, 0) is 61.9 Å². The Labute approximate surface area is 161 Å². The molecule has 2 aromatic carbocycles. The number of hydrogen-bond acceptors (Lipinski definition) is 3. The van der Waals surface area contributed by atoms with Crippen LogP contribution in [0.2, 0.25) is 0 Å². The van der Waals surface area contributed by atoms with Crippen molar-refractivity contribution in [1.82, 2.24) is 0 Å². The largest absolute Gasteiger partial charge is 0.326 e. The van der Waals surface area contributed by atoms with Crippen LogP contribution >= 0.6 is 0 Å². The predicted octanol–water partition coefficient (Wildman–Crippen LogP) is 3.80. The van der Waals surface area contributed by atoms with Crippen LogP contribution in [0.4, 0.5) is 11.4 Å². The maximum Gasteiger partial charge on any atom is 0.235 e. The second kappa shape index (κ2) is 8.13. The molecule has 3 rings (SSSR count). The molecule has 0 atom stereocenters. The summed E-state index contributed by atoms with van der Waals surface area (Å²) in [5, 5.41) is 2.90. The van der Waals surface area contributed by atoms with E-state index in [0.717, 1.165) is 18.4 Å². The molecule has 5 nitrogen and oxygen atoms in total. The lowest BCUT2D eigenvalue weighted by Crippen LogP contribution is -2.26. The lowest BCUT2D eigenvalue weighted by atomic mass is 10.0. The minimum Gasteiger partial charge on any atom is -0.326 e. The molecule has 144 valence electrons. The molecule has 1 saturated heterocycles. The highest BCUT2D eigenvalue weighted by Gasteiger charge is 2.29. The van der Waals surface area contributed by atoms with Crippen molar-refractivity contribution in [1.29, 1.82) is 0 Å². The summed E-state index contributed by atoms with van der Waals surface area (Å²) in [5.74, 6) is 0.129. The summed E-state index contributed by atoms with van der Waals surface area (Å²) in [6.07, 6.45) is 2.71. The molecular formula is C21H26N2O3S. The van der Waals surface area contributed by atoms with Gasteiger partial charge in [-0.15, -0.1) is 0 Å². The van der Waals surface area contributed by atoms with Crippen LogP contribution in [-0.2, 0) is 21.2 Å². The zero-order chi connectivity index (χ0) is 19.4. The summed E-state index contributed by atoms with van der Waals surface area (Å²) in [7, 11) is -3.24. The molecule has 0 radical (unpaired) electrons. The van der Waals surface area contributed by atoms with Gasteiger partial charge in [-0.3, -0.25) is 9.10 Å². The highest BCUT2D eigenvalue weighted by molar-refractivity contribution is 7.93. The molecule has 0 spiro atoms. The lowest BCUT2D eigenvalue weighted by molar-refractivity contribution is -0.116. The van der Waals surface area contributed by atoms with E-state index in [1.807, 2.05) is 31.2 Å². The van der Waals surface area contributed by atoms with Crippen molar-refractivity contribution in [3.8, 4) is 0 Å². The van der Waals surface area contributed by atoms with Crippen LogP contribution in [0.3, 0.4) is 0 Å². The number of anilines is 2. The fourth-order valence-corrected chi connectivity index (χ4v) is 5.04. The highest BCUT2D eigenvalue weighted by Crippen LogP contribution is 2.30. The van der Waals surface area contributed by atoms with E-state index in [9.17, 15) is 13.2 Å². The molecule has 1 aliphatic rings. The first-order chi connectivity index (χ1) is 12.9. The number of benzene rings is 2. The number of amides is 1. The number of nitrogens with one attached hydrogen (secondary N) is 1. The summed E-state index contributed by atoms with van der Waals surface area (Å²) < 4.78 is 25.8. The maximum absolute atomic E-state index is 12.3. The molecule has 0 bridgehead atoms. The Morgan fingerprint density at radius 2 is 1.89 bits per heavy atom. The molecule has 0 aliphatic carbocycles. The van der Waals surface area contributed by atoms with Crippen molar-refractivity contribution >= 4 is 27.3 Å². The van der Waals surface area contributed by atoms with Crippen molar-refractivity contribution < 1.29 is 13.2 Å². The van der Waals surface area contributed by atoms with E-state index in [0.29, 0.717) is 30.8 Å². The van der Waals surface area contributed by atoms with Crippen LogP contribution in [-0.4, -0.2) is 26.6 Å². The van der Waals surface area contributed by atoms with E-state index in [2.05, 4.69) is 24.4 Å². The molecule has 6 heteroatoms. The van der Waals surface area contributed by atoms with Crippen molar-refractivity contribution in [2.45, 2.75) is 39.5 Å². The summed E-state index contributed by atoms with van der Waals surface area (Å²) in [5.41, 5.74) is 4.69. The number of sulfonamides is 1. The van der Waals surface area contributed by atoms with Crippen molar-refractivity contribution in [3.05, 3.63) is 59.2 Å². The lowest BCUT2D eigenvalue weighted by Gasteiger charge is -2.20. The molecular weight excluding hydrogens is 360 g/mol. The van der Waals surface area contributed by atoms with E-state index in [1.165, 1.54) is 15.4 Å². The van der Waals surface area contributed by atoms with Crippen LogP contribution in [0.5, 0.6) is 0 Å². The van der Waals surface area contributed by atoms with E-state index < -0.39 is 10.0 Å². The van der Waals surface area contributed by atoms with E-state index >= 15 is 0 Å². The Bertz CT molecular complexity index is 938. The number of hydrogen-bond donors (Lipinski definition) is 1. The fraction of sp³-hybridized carbons (Fsp3) is 0.381. The van der Waals surface area contributed by atoms with Gasteiger partial charge in [0.15, 0.2) is 0 Å². The Morgan fingerprint density at radius 1 is 1.11 bits per heavy atom. The molecule has 0 unspecified atom stereocenters. The van der Waals surface area contributed by atoms with Gasteiger partial charge < -0.3 is 5.32 Å². The first-order valence-corrected chi connectivity index (χ1v) is 10.9. The molecule has 1 heterocycles. The van der Waals surface area contributed by atoms with Gasteiger partial charge in [0.1, 0.15) is 0 Å². The molecule has 2 aromatic rings. The summed E-state index contributed by atoms with van der Waals surface area (Å²) in [4.78, 5) is 12.3. The maximum atomic E-state index is 12.3. The Morgan fingerprint density at radius 3 is 2.59 bits per heavy atom. The van der Waals surface area contributed by atoms with Crippen LogP contribution in [0.25, 0.3) is 0 Å². The van der Waals surface area contributed by atoms with Gasteiger partial charge in [0.2, 0.25) is 15.9 Å². The average molecular weight is 387 g/mol. The van der Waals surface area contributed by atoms with Crippen LogP contribution in [0.15, 0.2) is 42.5 Å². The number of carbonyl (C=O) groups excluding carboxylic acids is 1. The van der Waals surface area contributed by atoms with Gasteiger partial charge in [0.25, 0.3) is 0 Å². The first kappa shape index (κ1) is 19.4. The van der Waals surface area contributed by atoms with Gasteiger partial charge in [-0.2, -0.15) is 0 Å². The number of nitrogens with zero attached hydrogens (tertiary/aromatic N) is 1. The monoisotopic (exact) mass is 386 g/mol. The molecule has 1 aliphatic heterocycles. The standard InChI is InChI=1S/C21H26N2O3S/c1-16-7-3-4-8-18(16)9-5-10-21(24)22-19-12-11-17(2)20(15-19)23-13-6-14-27(23,25)26/h3-4,7-8,11-12,15H,5-6,9-10,13-14H2,1-2H3,(H,22,24). The Hall–Kier alpha value is -2.34. The van der Waals surface area contributed by atoms with Gasteiger partial charge in [-0.25, -0.2) is 8.42 Å². The molecule has 1 N–H and O–H groups in total. The number of carbonyl (C=O) groups is 1. The average Bonchev–Trinajstić information content (AvgIpc) is 2.97. The zero-order valence-corrected chi connectivity index (χ0v) is 16.7. The Kier molecular flexibility index (Phi) is 5.85. The minimum atomic E-state index is -3.24. The third-order valence-corrected chi connectivity index (χ3v) is 6.83. The van der Waals surface area contributed by atoms with Gasteiger partial charge in [-0.1, -0.05) is 30.3 Å². The number of rotatable bonds is 6. The van der Waals surface area contributed by atoms with E-state index in [1.54, 1.807) is 6.07 Å². The normalized spacial score (nSPS) is 15.7. The van der Waals surface area contributed by atoms with Crippen LogP contribution in [0, 0.1) is 13.8 Å². The van der Waals surface area contributed by atoms with Crippen molar-refractivity contribution in [2.24, 2.45) is 0 Å². The minimum absolute atomic E-state index is 0.0531. The highest BCUT2D eigenvalue weighted by atomic mass is 32.2. The van der Waals surface area contributed by atoms with Crippen molar-refractivity contribution in [3.63, 3.8) is 0 Å². The topological polar surface area (TPSA) is 66.5 Å². The predicted molar refractivity (Wildman–Crippen MR) is 110 cm³/mol. The molecule has 1 amide bonds. The number of aryl methyl sites for hydroxylation is 3. The third-order valence-electron chi connectivity index (χ3n) is 4.97. The summed E-state index contributed by atoms with van der Waals surface area (Å²) in [6, 6.07) is 13.6. The second-order valence-electron chi connectivity index (χ2n) is 7.07. The van der Waals surface area contributed by atoms with Crippen LogP contribution < -0.4 is 9.62 Å². The SMILES string of the molecule is Cc1ccccc1CCCC(=O)Nc1ccc(C)c(N2CCCS2(=O)=O)c1. The Balaban J connectivity index is 1.61.